The van der Waals surface area contributed by atoms with E-state index in [0.29, 0.717) is 11.3 Å². The fourth-order valence-electron chi connectivity index (χ4n) is 2.77. The minimum absolute atomic E-state index is 0.0206. The number of hydrogen-bond donors (Lipinski definition) is 3. The van der Waals surface area contributed by atoms with Crippen LogP contribution in [0.25, 0.3) is 0 Å². The maximum absolute atomic E-state index is 12.7. The summed E-state index contributed by atoms with van der Waals surface area (Å²) in [5.41, 5.74) is 3.38. The molecule has 0 unspecified atom stereocenters. The predicted molar refractivity (Wildman–Crippen MR) is 133 cm³/mol. The number of aromatic nitrogens is 1. The van der Waals surface area contributed by atoms with Crippen molar-refractivity contribution in [3.8, 4) is 0 Å². The van der Waals surface area contributed by atoms with Gasteiger partial charge in [-0.15, -0.1) is 11.3 Å². The maximum Gasteiger partial charge on any atom is 0.275 e. The third kappa shape index (κ3) is 6.93. The van der Waals surface area contributed by atoms with Crippen molar-refractivity contribution in [3.05, 3.63) is 71.4 Å². The highest BCUT2D eigenvalue weighted by molar-refractivity contribution is 7.94. The summed E-state index contributed by atoms with van der Waals surface area (Å²) in [4.78, 5) is 16.7. The summed E-state index contributed by atoms with van der Waals surface area (Å²) >= 11 is 1.05. The average Bonchev–Trinajstić information content (AvgIpc) is 3.39. The maximum atomic E-state index is 12.7. The Morgan fingerprint density at radius 2 is 1.83 bits per heavy atom. The number of pyridine rings is 1. The largest absolute Gasteiger partial charge is 0.383 e. The Kier molecular flexibility index (Phi) is 8.69. The lowest BCUT2D eigenvalue weighted by Gasteiger charge is -2.10. The van der Waals surface area contributed by atoms with Gasteiger partial charge in [0.1, 0.15) is 4.21 Å². The van der Waals surface area contributed by atoms with Gasteiger partial charge in [0.2, 0.25) is 10.0 Å². The number of ether oxygens (including phenoxy) is 1. The highest BCUT2D eigenvalue weighted by atomic mass is 32.2. The van der Waals surface area contributed by atoms with Crippen LogP contribution < -0.4 is 14.9 Å². The van der Waals surface area contributed by atoms with Gasteiger partial charge in [-0.1, -0.05) is 18.2 Å². The molecule has 2 heterocycles. The molecule has 3 aromatic rings. The Hall–Kier alpha value is -3.17. The molecular weight excluding hydrogens is 514 g/mol. The van der Waals surface area contributed by atoms with E-state index in [9.17, 15) is 21.6 Å². The molecule has 0 atom stereocenters. The van der Waals surface area contributed by atoms with Crippen LogP contribution in [0.4, 0.5) is 5.69 Å². The zero-order valence-electron chi connectivity index (χ0n) is 18.8. The number of benzene rings is 1. The van der Waals surface area contributed by atoms with Gasteiger partial charge < -0.3 is 4.74 Å². The number of amides is 1. The van der Waals surface area contributed by atoms with Crippen molar-refractivity contribution in [1.82, 2.24) is 15.1 Å². The van der Waals surface area contributed by atoms with E-state index in [1.54, 1.807) is 30.5 Å². The van der Waals surface area contributed by atoms with E-state index < -0.39 is 26.0 Å². The topological polar surface area (TPSA) is 156 Å². The van der Waals surface area contributed by atoms with Gasteiger partial charge in [-0.05, 0) is 42.1 Å². The van der Waals surface area contributed by atoms with Crippen LogP contribution in [-0.4, -0.2) is 53.7 Å². The first-order chi connectivity index (χ1) is 16.6. The quantitative estimate of drug-likeness (QED) is 0.192. The number of thiophene rings is 1. The van der Waals surface area contributed by atoms with E-state index in [2.05, 4.69) is 25.0 Å². The minimum atomic E-state index is -3.86. The molecule has 0 aliphatic carbocycles. The molecule has 3 N–H and O–H groups in total. The van der Waals surface area contributed by atoms with Crippen LogP contribution in [0.3, 0.4) is 0 Å². The van der Waals surface area contributed by atoms with Crippen molar-refractivity contribution < 1.29 is 26.4 Å². The highest BCUT2D eigenvalue weighted by Gasteiger charge is 2.20. The van der Waals surface area contributed by atoms with Crippen LogP contribution in [0, 0.1) is 0 Å². The van der Waals surface area contributed by atoms with Crippen molar-refractivity contribution in [3.63, 3.8) is 0 Å². The fraction of sp³-hybridized carbons (Fsp3) is 0.190. The number of methoxy groups -OCH3 is 1. The molecule has 1 amide bonds. The summed E-state index contributed by atoms with van der Waals surface area (Å²) in [5, 5.41) is 5.67. The van der Waals surface area contributed by atoms with E-state index >= 15 is 0 Å². The van der Waals surface area contributed by atoms with E-state index in [1.165, 1.54) is 43.8 Å². The average molecular weight is 538 g/mol. The lowest BCUT2D eigenvalue weighted by Crippen LogP contribution is -2.27. The van der Waals surface area contributed by atoms with Gasteiger partial charge in [-0.3, -0.25) is 14.5 Å². The summed E-state index contributed by atoms with van der Waals surface area (Å²) < 4.78 is 59.3. The molecule has 1 aromatic carbocycles. The summed E-state index contributed by atoms with van der Waals surface area (Å²) in [6, 6.07) is 10.4. The molecule has 0 aliphatic rings. The lowest BCUT2D eigenvalue weighted by molar-refractivity contribution is 0.0955. The van der Waals surface area contributed by atoms with E-state index in [4.69, 9.17) is 4.74 Å². The lowest BCUT2D eigenvalue weighted by atomic mass is 10.1. The van der Waals surface area contributed by atoms with Crippen molar-refractivity contribution in [2.75, 3.05) is 25.0 Å². The van der Waals surface area contributed by atoms with Crippen molar-refractivity contribution in [2.24, 2.45) is 5.10 Å². The molecule has 14 heteroatoms. The van der Waals surface area contributed by atoms with Crippen molar-refractivity contribution in [1.29, 1.82) is 0 Å². The Morgan fingerprint density at radius 3 is 2.49 bits per heavy atom. The second kappa shape index (κ2) is 11.5. The Balaban J connectivity index is 1.71. The number of carbonyl (C=O) groups excluding carboxylic acids is 1. The molecule has 0 spiro atoms. The number of anilines is 1. The van der Waals surface area contributed by atoms with Crippen LogP contribution in [0.2, 0.25) is 0 Å². The first kappa shape index (κ1) is 26.4. The molecule has 11 nitrogen and oxygen atoms in total. The standard InChI is InChI=1S/C21H23N5O6S3/c1-15(16-5-7-17(8-6-16)34(28,29)23-11-12-32-2)24-25-21(27)18-14-22-10-9-19(18)26-35(30,31)20-4-3-13-33-20/h3-10,13-14,23H,11-12H2,1-2H3,(H,22,26)(H,25,27). The Morgan fingerprint density at radius 1 is 1.09 bits per heavy atom. The smallest absolute Gasteiger partial charge is 0.275 e. The SMILES string of the molecule is COCCNS(=O)(=O)c1ccc(C(C)=NNC(=O)c2cnccc2NS(=O)(=O)c2cccs2)cc1. The number of sulfonamides is 2. The van der Waals surface area contributed by atoms with Gasteiger partial charge in [-0.2, -0.15) is 5.10 Å². The number of nitrogens with zero attached hydrogens (tertiary/aromatic N) is 2. The summed E-state index contributed by atoms with van der Waals surface area (Å²) in [6.07, 6.45) is 2.58. The molecule has 0 saturated carbocycles. The minimum Gasteiger partial charge on any atom is -0.383 e. The molecule has 0 aliphatic heterocycles. The van der Waals surface area contributed by atoms with Crippen LogP contribution in [-0.2, 0) is 24.8 Å². The third-order valence-corrected chi connectivity index (χ3v) is 8.82. The number of hydrazone groups is 1. The molecule has 3 rings (SSSR count). The zero-order valence-corrected chi connectivity index (χ0v) is 21.2. The molecule has 2 aromatic heterocycles. The van der Waals surface area contributed by atoms with Gasteiger partial charge in [0.15, 0.2) is 0 Å². The molecule has 0 saturated heterocycles. The van der Waals surface area contributed by atoms with E-state index in [1.807, 2.05) is 0 Å². The summed E-state index contributed by atoms with van der Waals surface area (Å²) in [7, 11) is -6.06. The third-order valence-electron chi connectivity index (χ3n) is 4.58. The normalized spacial score (nSPS) is 12.3. The second-order valence-electron chi connectivity index (χ2n) is 7.01. The van der Waals surface area contributed by atoms with Crippen LogP contribution >= 0.6 is 11.3 Å². The number of hydrogen-bond acceptors (Lipinski definition) is 9. The molecule has 186 valence electrons. The van der Waals surface area contributed by atoms with E-state index in [0.717, 1.165) is 11.3 Å². The van der Waals surface area contributed by atoms with Gasteiger partial charge >= 0.3 is 0 Å². The van der Waals surface area contributed by atoms with Gasteiger partial charge in [0.25, 0.3) is 15.9 Å². The van der Waals surface area contributed by atoms with E-state index in [-0.39, 0.29) is 33.5 Å². The second-order valence-corrected chi connectivity index (χ2v) is 11.6. The summed E-state index contributed by atoms with van der Waals surface area (Å²) in [6.45, 7) is 2.02. The number of rotatable bonds is 11. The zero-order chi connectivity index (χ0) is 25.5. The monoisotopic (exact) mass is 537 g/mol. The molecule has 0 radical (unpaired) electrons. The Bertz CT molecular complexity index is 1400. The highest BCUT2D eigenvalue weighted by Crippen LogP contribution is 2.22. The van der Waals surface area contributed by atoms with Crippen molar-refractivity contribution in [2.45, 2.75) is 16.0 Å². The first-order valence-corrected chi connectivity index (χ1v) is 13.9. The van der Waals surface area contributed by atoms with Crippen molar-refractivity contribution >= 4 is 48.7 Å². The fourth-order valence-corrected chi connectivity index (χ4v) is 5.86. The van der Waals surface area contributed by atoms with Gasteiger partial charge in [0.05, 0.1) is 28.5 Å². The number of carbonyl (C=O) groups is 1. The predicted octanol–water partition coefficient (Wildman–Crippen LogP) is 2.02. The van der Waals surface area contributed by atoms with Crippen LogP contribution in [0.15, 0.2) is 74.4 Å². The molecule has 0 bridgehead atoms. The van der Waals surface area contributed by atoms with Gasteiger partial charge in [0, 0.05) is 26.0 Å². The van der Waals surface area contributed by atoms with Crippen LogP contribution in [0.1, 0.15) is 22.8 Å². The molecule has 0 fully saturated rings. The van der Waals surface area contributed by atoms with Gasteiger partial charge in [-0.25, -0.2) is 27.0 Å². The number of nitrogens with one attached hydrogen (secondary N) is 3. The first-order valence-electron chi connectivity index (χ1n) is 10.1. The summed E-state index contributed by atoms with van der Waals surface area (Å²) in [5.74, 6) is -0.678. The van der Waals surface area contributed by atoms with Crippen LogP contribution in [0.5, 0.6) is 0 Å². The Labute approximate surface area is 207 Å². The molecule has 35 heavy (non-hydrogen) atoms. The molecular formula is C21H23N5O6S3.